The van der Waals surface area contributed by atoms with Gasteiger partial charge in [-0.05, 0) is 62.4 Å². The van der Waals surface area contributed by atoms with Gasteiger partial charge in [-0.15, -0.1) is 11.3 Å². The minimum atomic E-state index is -0.637. The average Bonchev–Trinajstić information content (AvgIpc) is 3.02. The summed E-state index contributed by atoms with van der Waals surface area (Å²) in [5.74, 6) is -0.236. The zero-order valence-electron chi connectivity index (χ0n) is 14.3. The third-order valence-corrected chi connectivity index (χ3v) is 6.54. The number of anilines is 1. The van der Waals surface area contributed by atoms with E-state index in [1.807, 2.05) is 24.3 Å². The van der Waals surface area contributed by atoms with Gasteiger partial charge in [0.2, 0.25) is 5.91 Å². The number of halogens is 1. The Kier molecular flexibility index (Phi) is 4.67. The number of hydrogen-bond donors (Lipinski definition) is 1. The normalized spacial score (nSPS) is 14.8. The van der Waals surface area contributed by atoms with E-state index in [2.05, 4.69) is 26.2 Å². The fourth-order valence-electron chi connectivity index (χ4n) is 3.34. The van der Waals surface area contributed by atoms with Crippen LogP contribution >= 0.6 is 27.3 Å². The highest BCUT2D eigenvalue weighted by molar-refractivity contribution is 9.10. The number of nitrogens with zero attached hydrogens (tertiary/aromatic N) is 2. The Hall–Kier alpha value is -1.99. The third-order valence-electron chi connectivity index (χ3n) is 4.81. The smallest absolute Gasteiger partial charge is 0.263 e. The first-order valence-electron chi connectivity index (χ1n) is 8.62. The van der Waals surface area contributed by atoms with E-state index in [-0.39, 0.29) is 11.5 Å². The van der Waals surface area contributed by atoms with Gasteiger partial charge in [0, 0.05) is 15.0 Å². The van der Waals surface area contributed by atoms with Gasteiger partial charge in [-0.25, -0.2) is 4.98 Å². The molecule has 134 valence electrons. The standard InChI is InChI=1S/C19H18BrN3O2S/c1-11(17(24)22-13-8-6-12(20)7-9-13)23-10-21-18-16(19(23)25)14-4-2-3-5-15(14)26-18/h6-11H,2-5H2,1H3,(H,22,24). The number of benzene rings is 1. The maximum absolute atomic E-state index is 13.0. The molecule has 2 heterocycles. The van der Waals surface area contributed by atoms with Crippen LogP contribution in [0.4, 0.5) is 5.69 Å². The Labute approximate surface area is 163 Å². The fourth-order valence-corrected chi connectivity index (χ4v) is 4.83. The van der Waals surface area contributed by atoms with E-state index < -0.39 is 6.04 Å². The van der Waals surface area contributed by atoms with E-state index >= 15 is 0 Å². The Morgan fingerprint density at radius 2 is 2.00 bits per heavy atom. The summed E-state index contributed by atoms with van der Waals surface area (Å²) in [5.41, 5.74) is 1.72. The molecule has 0 spiro atoms. The summed E-state index contributed by atoms with van der Waals surface area (Å²) in [6.07, 6.45) is 5.72. The highest BCUT2D eigenvalue weighted by Gasteiger charge is 2.23. The quantitative estimate of drug-likeness (QED) is 0.672. The molecule has 1 amide bonds. The molecule has 1 aliphatic rings. The van der Waals surface area contributed by atoms with Crippen molar-refractivity contribution in [2.45, 2.75) is 38.6 Å². The van der Waals surface area contributed by atoms with Crippen molar-refractivity contribution in [1.82, 2.24) is 9.55 Å². The predicted octanol–water partition coefficient (Wildman–Crippen LogP) is 4.30. The molecule has 4 rings (SSSR count). The molecule has 0 radical (unpaired) electrons. The molecule has 1 aromatic carbocycles. The largest absolute Gasteiger partial charge is 0.324 e. The number of rotatable bonds is 3. The Morgan fingerprint density at radius 3 is 2.77 bits per heavy atom. The zero-order chi connectivity index (χ0) is 18.3. The lowest BCUT2D eigenvalue weighted by Gasteiger charge is -2.15. The predicted molar refractivity (Wildman–Crippen MR) is 108 cm³/mol. The van der Waals surface area contributed by atoms with E-state index in [4.69, 9.17) is 0 Å². The van der Waals surface area contributed by atoms with Crippen molar-refractivity contribution in [2.75, 3.05) is 5.32 Å². The van der Waals surface area contributed by atoms with Crippen molar-refractivity contribution in [3.8, 4) is 0 Å². The van der Waals surface area contributed by atoms with Crippen LogP contribution in [-0.4, -0.2) is 15.5 Å². The lowest BCUT2D eigenvalue weighted by atomic mass is 9.97. The topological polar surface area (TPSA) is 64.0 Å². The molecule has 0 fully saturated rings. The minimum Gasteiger partial charge on any atom is -0.324 e. The SMILES string of the molecule is CC(C(=O)Nc1ccc(Br)cc1)n1cnc2sc3c(c2c1=O)CCCC3. The van der Waals surface area contributed by atoms with Crippen LogP contribution in [0.5, 0.6) is 0 Å². The summed E-state index contributed by atoms with van der Waals surface area (Å²) in [4.78, 5) is 32.2. The molecule has 1 N–H and O–H groups in total. The molecule has 3 aromatic rings. The van der Waals surface area contributed by atoms with E-state index in [1.54, 1.807) is 18.3 Å². The van der Waals surface area contributed by atoms with Crippen molar-refractivity contribution in [3.63, 3.8) is 0 Å². The number of hydrogen-bond acceptors (Lipinski definition) is 4. The number of aryl methyl sites for hydroxylation is 2. The number of thiophene rings is 1. The van der Waals surface area contributed by atoms with Gasteiger partial charge in [-0.1, -0.05) is 15.9 Å². The van der Waals surface area contributed by atoms with E-state index in [0.717, 1.165) is 34.1 Å². The number of fused-ring (bicyclic) bond motifs is 3. The van der Waals surface area contributed by atoms with Gasteiger partial charge >= 0.3 is 0 Å². The second-order valence-electron chi connectivity index (χ2n) is 6.52. The first kappa shape index (κ1) is 17.4. The van der Waals surface area contributed by atoms with Crippen molar-refractivity contribution in [2.24, 2.45) is 0 Å². The minimum absolute atomic E-state index is 0.118. The van der Waals surface area contributed by atoms with Gasteiger partial charge in [0.1, 0.15) is 10.9 Å². The molecule has 26 heavy (non-hydrogen) atoms. The summed E-state index contributed by atoms with van der Waals surface area (Å²) in [5, 5.41) is 3.56. The van der Waals surface area contributed by atoms with Gasteiger partial charge < -0.3 is 5.32 Å². The maximum atomic E-state index is 13.0. The number of carbonyl (C=O) groups is 1. The highest BCUT2D eigenvalue weighted by atomic mass is 79.9. The molecule has 7 heteroatoms. The van der Waals surface area contributed by atoms with Gasteiger partial charge in [-0.2, -0.15) is 0 Å². The molecular weight excluding hydrogens is 414 g/mol. The van der Waals surface area contributed by atoms with Gasteiger partial charge in [0.05, 0.1) is 11.7 Å². The van der Waals surface area contributed by atoms with Crippen LogP contribution in [0.3, 0.4) is 0 Å². The summed E-state index contributed by atoms with van der Waals surface area (Å²) >= 11 is 4.99. The number of carbonyl (C=O) groups excluding carboxylic acids is 1. The maximum Gasteiger partial charge on any atom is 0.263 e. The molecule has 1 atom stereocenters. The Balaban J connectivity index is 1.67. The molecule has 2 aromatic heterocycles. The van der Waals surface area contributed by atoms with Crippen LogP contribution < -0.4 is 10.9 Å². The van der Waals surface area contributed by atoms with E-state index in [0.29, 0.717) is 11.1 Å². The third kappa shape index (κ3) is 3.10. The summed E-state index contributed by atoms with van der Waals surface area (Å²) in [7, 11) is 0. The molecule has 1 unspecified atom stereocenters. The Morgan fingerprint density at radius 1 is 1.27 bits per heavy atom. The van der Waals surface area contributed by atoms with Crippen molar-refractivity contribution in [1.29, 1.82) is 0 Å². The molecule has 0 saturated carbocycles. The average molecular weight is 432 g/mol. The molecule has 0 saturated heterocycles. The lowest BCUT2D eigenvalue weighted by Crippen LogP contribution is -2.32. The molecule has 0 bridgehead atoms. The molecule has 1 aliphatic carbocycles. The molecule has 5 nitrogen and oxygen atoms in total. The van der Waals surface area contributed by atoms with Crippen LogP contribution in [-0.2, 0) is 17.6 Å². The lowest BCUT2D eigenvalue weighted by molar-refractivity contribution is -0.118. The monoisotopic (exact) mass is 431 g/mol. The second kappa shape index (κ2) is 6.96. The summed E-state index contributed by atoms with van der Waals surface area (Å²) in [6.45, 7) is 1.72. The summed E-state index contributed by atoms with van der Waals surface area (Å²) in [6, 6.07) is 6.71. The van der Waals surface area contributed by atoms with Gasteiger partial charge in [-0.3, -0.25) is 14.2 Å². The fraction of sp³-hybridized carbons (Fsp3) is 0.316. The first-order valence-corrected chi connectivity index (χ1v) is 10.2. The van der Waals surface area contributed by atoms with Gasteiger partial charge in [0.25, 0.3) is 5.56 Å². The first-order chi connectivity index (χ1) is 12.5. The van der Waals surface area contributed by atoms with Crippen molar-refractivity contribution in [3.05, 3.63) is 55.9 Å². The van der Waals surface area contributed by atoms with Crippen LogP contribution in [0.25, 0.3) is 10.2 Å². The summed E-state index contributed by atoms with van der Waals surface area (Å²) < 4.78 is 2.38. The van der Waals surface area contributed by atoms with Crippen molar-refractivity contribution < 1.29 is 4.79 Å². The van der Waals surface area contributed by atoms with Crippen LogP contribution in [0, 0.1) is 0 Å². The molecule has 0 aliphatic heterocycles. The van der Waals surface area contributed by atoms with Crippen LogP contribution in [0.15, 0.2) is 39.9 Å². The van der Waals surface area contributed by atoms with Gasteiger partial charge in [0.15, 0.2) is 0 Å². The van der Waals surface area contributed by atoms with Crippen LogP contribution in [0.1, 0.15) is 36.2 Å². The van der Waals surface area contributed by atoms with E-state index in [9.17, 15) is 9.59 Å². The van der Waals surface area contributed by atoms with Crippen LogP contribution in [0.2, 0.25) is 0 Å². The molecular formula is C19H18BrN3O2S. The zero-order valence-corrected chi connectivity index (χ0v) is 16.7. The van der Waals surface area contributed by atoms with E-state index in [1.165, 1.54) is 22.2 Å². The number of amides is 1. The number of nitrogens with one attached hydrogen (secondary N) is 1. The van der Waals surface area contributed by atoms with Crippen molar-refractivity contribution >= 4 is 49.1 Å². The Bertz CT molecular complexity index is 1040. The number of aromatic nitrogens is 2. The highest BCUT2D eigenvalue weighted by Crippen LogP contribution is 2.33. The second-order valence-corrected chi connectivity index (χ2v) is 8.52.